The molecule has 2 heterocycles. The fourth-order valence-electron chi connectivity index (χ4n) is 1.81. The number of anilines is 1. The lowest BCUT2D eigenvalue weighted by molar-refractivity contribution is -0.113. The van der Waals surface area contributed by atoms with Gasteiger partial charge in [0.1, 0.15) is 0 Å². The van der Waals surface area contributed by atoms with Crippen molar-refractivity contribution in [3.05, 3.63) is 52.2 Å². The zero-order chi connectivity index (χ0) is 14.7. The summed E-state index contributed by atoms with van der Waals surface area (Å²) in [5.74, 6) is 0.232. The standard InChI is InChI=1S/C14H11IN4OS/c15-10-4-3-5-11(8-10)16-13(20)9-21-14-18-17-12-6-1-2-7-19(12)14/h1-8H,9H2,(H,16,20). The third-order valence-electron chi connectivity index (χ3n) is 2.72. The van der Waals surface area contributed by atoms with Gasteiger partial charge in [-0.05, 0) is 52.9 Å². The highest BCUT2D eigenvalue weighted by Crippen LogP contribution is 2.17. The van der Waals surface area contributed by atoms with Crippen LogP contribution >= 0.6 is 34.4 Å². The van der Waals surface area contributed by atoms with E-state index in [1.807, 2.05) is 53.1 Å². The van der Waals surface area contributed by atoms with Crippen LogP contribution in [-0.2, 0) is 4.79 Å². The Kier molecular flexibility index (Phi) is 4.39. The van der Waals surface area contributed by atoms with Crippen molar-refractivity contribution in [1.29, 1.82) is 0 Å². The predicted octanol–water partition coefficient (Wildman–Crippen LogP) is 3.06. The molecular formula is C14H11IN4OS. The first-order valence-corrected chi connectivity index (χ1v) is 8.27. The van der Waals surface area contributed by atoms with E-state index in [1.165, 1.54) is 11.8 Å². The van der Waals surface area contributed by atoms with E-state index >= 15 is 0 Å². The minimum atomic E-state index is -0.0605. The molecule has 0 spiro atoms. The number of nitrogens with one attached hydrogen (secondary N) is 1. The van der Waals surface area contributed by atoms with Gasteiger partial charge >= 0.3 is 0 Å². The van der Waals surface area contributed by atoms with E-state index in [2.05, 4.69) is 38.1 Å². The molecule has 0 fully saturated rings. The quantitative estimate of drug-likeness (QED) is 0.531. The zero-order valence-corrected chi connectivity index (χ0v) is 13.8. The molecule has 0 saturated heterocycles. The molecule has 0 aliphatic carbocycles. The van der Waals surface area contributed by atoms with Gasteiger partial charge in [0.05, 0.1) is 5.75 Å². The van der Waals surface area contributed by atoms with Crippen LogP contribution in [0.4, 0.5) is 5.69 Å². The molecule has 0 aliphatic rings. The number of hydrogen-bond acceptors (Lipinski definition) is 4. The maximum atomic E-state index is 12.0. The molecule has 1 amide bonds. The van der Waals surface area contributed by atoms with Crippen molar-refractivity contribution in [2.45, 2.75) is 5.16 Å². The second-order valence-electron chi connectivity index (χ2n) is 4.26. The molecule has 3 aromatic rings. The van der Waals surface area contributed by atoms with Gasteiger partial charge < -0.3 is 5.32 Å². The van der Waals surface area contributed by atoms with Crippen LogP contribution in [0.25, 0.3) is 5.65 Å². The van der Waals surface area contributed by atoms with Crippen molar-refractivity contribution in [1.82, 2.24) is 14.6 Å². The summed E-state index contributed by atoms with van der Waals surface area (Å²) in [7, 11) is 0. The van der Waals surface area contributed by atoms with E-state index in [9.17, 15) is 4.79 Å². The second kappa shape index (κ2) is 6.44. The maximum Gasteiger partial charge on any atom is 0.234 e. The molecule has 0 atom stereocenters. The number of carbonyl (C=O) groups excluding carboxylic acids is 1. The van der Waals surface area contributed by atoms with Gasteiger partial charge in [0.25, 0.3) is 0 Å². The average Bonchev–Trinajstić information content (AvgIpc) is 2.88. The number of pyridine rings is 1. The molecule has 0 unspecified atom stereocenters. The first-order valence-electron chi connectivity index (χ1n) is 6.20. The van der Waals surface area contributed by atoms with Crippen molar-refractivity contribution < 1.29 is 4.79 Å². The highest BCUT2D eigenvalue weighted by atomic mass is 127. The molecule has 1 aromatic carbocycles. The van der Waals surface area contributed by atoms with Crippen molar-refractivity contribution >= 4 is 51.6 Å². The summed E-state index contributed by atoms with van der Waals surface area (Å²) in [6.07, 6.45) is 1.88. The zero-order valence-electron chi connectivity index (χ0n) is 10.9. The van der Waals surface area contributed by atoms with Crippen LogP contribution in [0, 0.1) is 3.57 Å². The molecule has 0 radical (unpaired) electrons. The van der Waals surface area contributed by atoms with Crippen LogP contribution < -0.4 is 5.32 Å². The summed E-state index contributed by atoms with van der Waals surface area (Å²) in [6, 6.07) is 13.4. The van der Waals surface area contributed by atoms with E-state index < -0.39 is 0 Å². The van der Waals surface area contributed by atoms with Gasteiger partial charge in [-0.2, -0.15) is 0 Å². The minimum absolute atomic E-state index is 0.0605. The number of hydrogen-bond donors (Lipinski definition) is 1. The summed E-state index contributed by atoms with van der Waals surface area (Å²) in [6.45, 7) is 0. The fourth-order valence-corrected chi connectivity index (χ4v) is 3.08. The Balaban J connectivity index is 1.63. The summed E-state index contributed by atoms with van der Waals surface area (Å²) >= 11 is 3.58. The van der Waals surface area contributed by atoms with E-state index in [4.69, 9.17) is 0 Å². The topological polar surface area (TPSA) is 59.3 Å². The van der Waals surface area contributed by atoms with Crippen LogP contribution in [0.2, 0.25) is 0 Å². The molecule has 5 nitrogen and oxygen atoms in total. The molecule has 0 bridgehead atoms. The molecule has 0 aliphatic heterocycles. The van der Waals surface area contributed by atoms with Gasteiger partial charge in [0.2, 0.25) is 5.91 Å². The molecular weight excluding hydrogens is 399 g/mol. The number of nitrogens with zero attached hydrogens (tertiary/aromatic N) is 3. The Morgan fingerprint density at radius 3 is 3.00 bits per heavy atom. The smallest absolute Gasteiger partial charge is 0.234 e. The van der Waals surface area contributed by atoms with Crippen LogP contribution in [0.1, 0.15) is 0 Å². The lowest BCUT2D eigenvalue weighted by Crippen LogP contribution is -2.14. The van der Waals surface area contributed by atoms with E-state index in [0.717, 1.165) is 14.9 Å². The summed E-state index contributed by atoms with van der Waals surface area (Å²) in [4.78, 5) is 12.0. The monoisotopic (exact) mass is 410 g/mol. The molecule has 106 valence electrons. The third-order valence-corrected chi connectivity index (χ3v) is 4.34. The summed E-state index contributed by atoms with van der Waals surface area (Å²) < 4.78 is 2.95. The molecule has 1 N–H and O–H groups in total. The number of halogens is 1. The Bertz CT molecular complexity index is 789. The lowest BCUT2D eigenvalue weighted by Gasteiger charge is -2.04. The Labute approximate surface area is 139 Å². The Morgan fingerprint density at radius 1 is 1.24 bits per heavy atom. The molecule has 3 rings (SSSR count). The van der Waals surface area contributed by atoms with Gasteiger partial charge in [0, 0.05) is 15.5 Å². The fraction of sp³-hybridized carbons (Fsp3) is 0.0714. The van der Waals surface area contributed by atoms with Gasteiger partial charge in [-0.25, -0.2) is 0 Å². The van der Waals surface area contributed by atoms with Crippen molar-refractivity contribution in [3.63, 3.8) is 0 Å². The van der Waals surface area contributed by atoms with E-state index in [-0.39, 0.29) is 5.91 Å². The van der Waals surface area contributed by atoms with Gasteiger partial charge in [0.15, 0.2) is 10.8 Å². The number of aromatic nitrogens is 3. The number of thioether (sulfide) groups is 1. The van der Waals surface area contributed by atoms with Gasteiger partial charge in [-0.1, -0.05) is 23.9 Å². The molecule has 0 saturated carbocycles. The van der Waals surface area contributed by atoms with E-state index in [0.29, 0.717) is 10.9 Å². The minimum Gasteiger partial charge on any atom is -0.325 e. The van der Waals surface area contributed by atoms with Crippen LogP contribution in [0.15, 0.2) is 53.8 Å². The maximum absolute atomic E-state index is 12.0. The van der Waals surface area contributed by atoms with Crippen LogP contribution in [0.3, 0.4) is 0 Å². The Hall–Kier alpha value is -1.61. The number of benzene rings is 1. The normalized spacial score (nSPS) is 10.7. The SMILES string of the molecule is O=C(CSc1nnc2ccccn12)Nc1cccc(I)c1. The molecule has 7 heteroatoms. The first kappa shape index (κ1) is 14.3. The number of carbonyl (C=O) groups is 1. The second-order valence-corrected chi connectivity index (χ2v) is 6.45. The van der Waals surface area contributed by atoms with Crippen molar-refractivity contribution in [2.24, 2.45) is 0 Å². The van der Waals surface area contributed by atoms with Crippen LogP contribution in [0.5, 0.6) is 0 Å². The predicted molar refractivity (Wildman–Crippen MR) is 91.5 cm³/mol. The van der Waals surface area contributed by atoms with Gasteiger partial charge in [-0.3, -0.25) is 9.20 Å². The van der Waals surface area contributed by atoms with Crippen LogP contribution in [-0.4, -0.2) is 26.3 Å². The summed E-state index contributed by atoms with van der Waals surface area (Å²) in [5.41, 5.74) is 1.58. The summed E-state index contributed by atoms with van der Waals surface area (Å²) in [5, 5.41) is 11.7. The Morgan fingerprint density at radius 2 is 2.14 bits per heavy atom. The largest absolute Gasteiger partial charge is 0.325 e. The van der Waals surface area contributed by atoms with Gasteiger partial charge in [-0.15, -0.1) is 10.2 Å². The van der Waals surface area contributed by atoms with E-state index in [1.54, 1.807) is 0 Å². The molecule has 21 heavy (non-hydrogen) atoms. The number of rotatable bonds is 4. The molecule has 2 aromatic heterocycles. The number of amides is 1. The average molecular weight is 410 g/mol. The van der Waals surface area contributed by atoms with Crippen molar-refractivity contribution in [3.8, 4) is 0 Å². The lowest BCUT2D eigenvalue weighted by atomic mass is 10.3. The number of fused-ring (bicyclic) bond motifs is 1. The first-order chi connectivity index (χ1) is 10.2. The third kappa shape index (κ3) is 3.53. The highest BCUT2D eigenvalue weighted by Gasteiger charge is 2.09. The van der Waals surface area contributed by atoms with Crippen molar-refractivity contribution in [2.75, 3.05) is 11.1 Å². The highest BCUT2D eigenvalue weighted by molar-refractivity contribution is 14.1.